The third kappa shape index (κ3) is 2.05. The van der Waals surface area contributed by atoms with Crippen LogP contribution in [-0.2, 0) is 9.59 Å². The smallest absolute Gasteiger partial charge is 0.224 e. The Bertz CT molecular complexity index is 587. The van der Waals surface area contributed by atoms with Gasteiger partial charge in [-0.1, -0.05) is 6.07 Å². The minimum absolute atomic E-state index is 0.0372. The molecule has 0 radical (unpaired) electrons. The van der Waals surface area contributed by atoms with Crippen molar-refractivity contribution in [3.63, 3.8) is 0 Å². The first-order valence-corrected chi connectivity index (χ1v) is 6.54. The van der Waals surface area contributed by atoms with Gasteiger partial charge in [-0.2, -0.15) is 0 Å². The molecule has 20 heavy (non-hydrogen) atoms. The van der Waals surface area contributed by atoms with E-state index in [1.165, 1.54) is 6.07 Å². The molecule has 2 aliphatic rings. The topological polar surface area (TPSA) is 63.4 Å². The number of amides is 2. The number of nitrogens with zero attached hydrogens (tertiary/aromatic N) is 1. The van der Waals surface area contributed by atoms with Gasteiger partial charge in [0.05, 0.1) is 12.0 Å². The summed E-state index contributed by atoms with van der Waals surface area (Å²) in [6.07, 6.45) is 1.78. The second-order valence-corrected chi connectivity index (χ2v) is 5.36. The predicted octanol–water partition coefficient (Wildman–Crippen LogP) is 1.50. The highest BCUT2D eigenvalue weighted by molar-refractivity contribution is 5.90. The number of primary amides is 1. The van der Waals surface area contributed by atoms with Gasteiger partial charge < -0.3 is 10.6 Å². The molecule has 2 amide bonds. The minimum Gasteiger partial charge on any atom is -0.369 e. The van der Waals surface area contributed by atoms with Crippen molar-refractivity contribution < 1.29 is 18.4 Å². The second-order valence-electron chi connectivity index (χ2n) is 5.36. The van der Waals surface area contributed by atoms with Crippen LogP contribution in [0.25, 0.3) is 0 Å². The van der Waals surface area contributed by atoms with Crippen LogP contribution in [0.15, 0.2) is 18.2 Å². The first-order valence-electron chi connectivity index (χ1n) is 6.54. The van der Waals surface area contributed by atoms with Crippen LogP contribution in [0, 0.1) is 17.6 Å². The van der Waals surface area contributed by atoms with Gasteiger partial charge >= 0.3 is 0 Å². The lowest BCUT2D eigenvalue weighted by Gasteiger charge is -2.27. The van der Waals surface area contributed by atoms with Crippen molar-refractivity contribution >= 4 is 11.8 Å². The highest BCUT2D eigenvalue weighted by Crippen LogP contribution is 2.44. The van der Waals surface area contributed by atoms with Crippen LogP contribution in [-0.4, -0.2) is 22.8 Å². The number of carbonyl (C=O) groups is 2. The molecule has 106 valence electrons. The monoisotopic (exact) mass is 280 g/mol. The molecule has 0 unspecified atom stereocenters. The Kier molecular flexibility index (Phi) is 2.96. The predicted molar refractivity (Wildman–Crippen MR) is 66.3 cm³/mol. The first-order chi connectivity index (χ1) is 9.49. The highest BCUT2D eigenvalue weighted by Gasteiger charge is 2.49. The summed E-state index contributed by atoms with van der Waals surface area (Å²) in [4.78, 5) is 25.2. The largest absolute Gasteiger partial charge is 0.369 e. The van der Waals surface area contributed by atoms with Gasteiger partial charge in [-0.3, -0.25) is 9.59 Å². The van der Waals surface area contributed by atoms with Crippen molar-refractivity contribution in [2.45, 2.75) is 31.3 Å². The molecule has 1 aromatic rings. The van der Waals surface area contributed by atoms with E-state index < -0.39 is 29.5 Å². The molecular weight excluding hydrogens is 266 g/mol. The number of carbonyl (C=O) groups excluding carboxylic acids is 2. The number of halogens is 2. The van der Waals surface area contributed by atoms with E-state index in [1.807, 2.05) is 0 Å². The maximum atomic E-state index is 13.4. The van der Waals surface area contributed by atoms with Crippen LogP contribution < -0.4 is 5.73 Å². The maximum Gasteiger partial charge on any atom is 0.224 e. The first kappa shape index (κ1) is 13.0. The molecule has 1 saturated heterocycles. The fourth-order valence-electron chi connectivity index (χ4n) is 2.88. The van der Waals surface area contributed by atoms with Gasteiger partial charge in [0.15, 0.2) is 11.6 Å². The van der Waals surface area contributed by atoms with Crippen molar-refractivity contribution in [2.75, 3.05) is 0 Å². The van der Waals surface area contributed by atoms with Crippen LogP contribution in [0.2, 0.25) is 0 Å². The molecule has 1 saturated carbocycles. The second kappa shape index (κ2) is 4.54. The summed E-state index contributed by atoms with van der Waals surface area (Å²) in [6, 6.07) is 2.97. The zero-order chi connectivity index (χ0) is 14.4. The van der Waals surface area contributed by atoms with Gasteiger partial charge in [-0.05, 0) is 30.5 Å². The van der Waals surface area contributed by atoms with Gasteiger partial charge in [0, 0.05) is 12.5 Å². The van der Waals surface area contributed by atoms with E-state index in [-0.39, 0.29) is 18.4 Å². The molecule has 0 spiro atoms. The van der Waals surface area contributed by atoms with Crippen molar-refractivity contribution in [3.05, 3.63) is 35.4 Å². The number of rotatable bonds is 3. The molecule has 0 bridgehead atoms. The molecule has 2 atom stereocenters. The standard InChI is InChI=1S/C14H14F2N2O2/c15-10-4-1-7(5-11(10)16)13-9(14(17)20)6-12(19)18(13)8-2-3-8/h1,4-5,8-9,13H,2-3,6H2,(H2,17,20)/t9-,13+/m1/s1. The van der Waals surface area contributed by atoms with Gasteiger partial charge in [-0.25, -0.2) is 8.78 Å². The molecule has 2 N–H and O–H groups in total. The summed E-state index contributed by atoms with van der Waals surface area (Å²) < 4.78 is 26.4. The minimum atomic E-state index is -0.985. The molecule has 0 aromatic heterocycles. The van der Waals surface area contributed by atoms with Crippen molar-refractivity contribution in [2.24, 2.45) is 11.7 Å². The molecule has 6 heteroatoms. The summed E-state index contributed by atoms with van der Waals surface area (Å²) in [6.45, 7) is 0. The van der Waals surface area contributed by atoms with Crippen LogP contribution in [0.3, 0.4) is 0 Å². The Balaban J connectivity index is 2.02. The quantitative estimate of drug-likeness (QED) is 0.912. The van der Waals surface area contributed by atoms with Gasteiger partial charge in [0.2, 0.25) is 11.8 Å². The summed E-state index contributed by atoms with van der Waals surface area (Å²) >= 11 is 0. The van der Waals surface area contributed by atoms with E-state index in [2.05, 4.69) is 0 Å². The summed E-state index contributed by atoms with van der Waals surface area (Å²) in [5.74, 6) is -3.36. The lowest BCUT2D eigenvalue weighted by Crippen LogP contribution is -2.34. The Morgan fingerprint density at radius 2 is 1.95 bits per heavy atom. The van der Waals surface area contributed by atoms with Crippen molar-refractivity contribution in [1.82, 2.24) is 4.90 Å². The van der Waals surface area contributed by atoms with Crippen LogP contribution in [0.1, 0.15) is 30.9 Å². The van der Waals surface area contributed by atoms with E-state index in [4.69, 9.17) is 5.73 Å². The number of nitrogens with two attached hydrogens (primary N) is 1. The molecule has 1 aliphatic heterocycles. The molecule has 4 nitrogen and oxygen atoms in total. The van der Waals surface area contributed by atoms with Gasteiger partial charge in [-0.15, -0.1) is 0 Å². The van der Waals surface area contributed by atoms with Crippen LogP contribution in [0.5, 0.6) is 0 Å². The van der Waals surface area contributed by atoms with Gasteiger partial charge in [0.25, 0.3) is 0 Å². The third-order valence-corrected chi connectivity index (χ3v) is 3.95. The normalized spacial score (nSPS) is 26.1. The third-order valence-electron chi connectivity index (χ3n) is 3.95. The number of hydrogen-bond donors (Lipinski definition) is 1. The SMILES string of the molecule is NC(=O)[C@@H]1CC(=O)N(C2CC2)[C@H]1c1ccc(F)c(F)c1. The zero-order valence-corrected chi connectivity index (χ0v) is 10.7. The average Bonchev–Trinajstić information content (AvgIpc) is 3.16. The Hall–Kier alpha value is -1.98. The summed E-state index contributed by atoms with van der Waals surface area (Å²) in [5, 5.41) is 0. The van der Waals surface area contributed by atoms with E-state index in [0.717, 1.165) is 25.0 Å². The summed E-state index contributed by atoms with van der Waals surface area (Å²) in [7, 11) is 0. The van der Waals surface area contributed by atoms with Gasteiger partial charge in [0.1, 0.15) is 0 Å². The van der Waals surface area contributed by atoms with E-state index in [0.29, 0.717) is 5.56 Å². The number of likely N-dealkylation sites (tertiary alicyclic amines) is 1. The Morgan fingerprint density at radius 3 is 2.50 bits per heavy atom. The van der Waals surface area contributed by atoms with Crippen molar-refractivity contribution in [1.29, 1.82) is 0 Å². The lowest BCUT2D eigenvalue weighted by atomic mass is 9.93. The molecule has 1 aliphatic carbocycles. The highest BCUT2D eigenvalue weighted by atomic mass is 19.2. The number of benzene rings is 1. The van der Waals surface area contributed by atoms with E-state index in [1.54, 1.807) is 4.90 Å². The van der Waals surface area contributed by atoms with Crippen molar-refractivity contribution in [3.8, 4) is 0 Å². The molecule has 2 fully saturated rings. The Labute approximate surface area is 114 Å². The fraction of sp³-hybridized carbons (Fsp3) is 0.429. The fourth-order valence-corrected chi connectivity index (χ4v) is 2.88. The van der Waals surface area contributed by atoms with Crippen LogP contribution >= 0.6 is 0 Å². The molecule has 3 rings (SSSR count). The lowest BCUT2D eigenvalue weighted by molar-refractivity contribution is -0.129. The zero-order valence-electron chi connectivity index (χ0n) is 10.7. The molecular formula is C14H14F2N2O2. The molecule has 1 heterocycles. The maximum absolute atomic E-state index is 13.4. The van der Waals surface area contributed by atoms with Crippen LogP contribution in [0.4, 0.5) is 8.78 Å². The van der Waals surface area contributed by atoms with E-state index >= 15 is 0 Å². The summed E-state index contributed by atoms with van der Waals surface area (Å²) in [5.41, 5.74) is 5.77. The Morgan fingerprint density at radius 1 is 1.25 bits per heavy atom. The number of hydrogen-bond acceptors (Lipinski definition) is 2. The molecule has 1 aromatic carbocycles. The van der Waals surface area contributed by atoms with E-state index in [9.17, 15) is 18.4 Å². The average molecular weight is 280 g/mol.